The quantitative estimate of drug-likeness (QED) is 0.431. The van der Waals surface area contributed by atoms with E-state index in [1.54, 1.807) is 0 Å². The van der Waals surface area contributed by atoms with Crippen LogP contribution in [0.3, 0.4) is 0 Å². The summed E-state index contributed by atoms with van der Waals surface area (Å²) in [6.45, 7) is 8.13. The molecule has 1 saturated heterocycles. The average Bonchev–Trinajstić information content (AvgIpc) is 2.60. The molecule has 0 saturated carbocycles. The van der Waals surface area contributed by atoms with Crippen molar-refractivity contribution < 1.29 is 29.9 Å². The molecule has 4 unspecified atom stereocenters. The van der Waals surface area contributed by atoms with E-state index in [0.29, 0.717) is 0 Å². The van der Waals surface area contributed by atoms with Crippen LogP contribution < -0.4 is 0 Å². The average molecular weight is 385 g/mol. The van der Waals surface area contributed by atoms with Crippen molar-refractivity contribution in [3.05, 3.63) is 34.9 Å². The predicted octanol–water partition coefficient (Wildman–Crippen LogP) is 2.22. The molecule has 0 aliphatic carbocycles. The fourth-order valence-corrected chi connectivity index (χ4v) is 2.90. The number of aliphatic hydroxyl groups excluding tert-OH is 4. The van der Waals surface area contributed by atoms with Gasteiger partial charge in [0, 0.05) is 0 Å². The van der Waals surface area contributed by atoms with Gasteiger partial charge in [0.1, 0.15) is 24.4 Å². The Balaban J connectivity index is 2.40. The zero-order chi connectivity index (χ0) is 20.4. The van der Waals surface area contributed by atoms with E-state index >= 15 is 0 Å². The highest BCUT2D eigenvalue weighted by molar-refractivity contribution is 5.05. The van der Waals surface area contributed by atoms with Crippen LogP contribution in [0.1, 0.15) is 53.4 Å². The van der Waals surface area contributed by atoms with Crippen LogP contribution in [0.15, 0.2) is 34.9 Å². The van der Waals surface area contributed by atoms with Gasteiger partial charge in [-0.3, -0.25) is 0 Å². The largest absolute Gasteiger partial charge is 0.394 e. The molecule has 1 aliphatic heterocycles. The molecule has 4 N–H and O–H groups in total. The Bertz CT molecular complexity index is 521. The lowest BCUT2D eigenvalue weighted by Crippen LogP contribution is -2.59. The first-order chi connectivity index (χ1) is 12.8. The first-order valence-electron chi connectivity index (χ1n) is 9.63. The smallest absolute Gasteiger partial charge is 0.184 e. The lowest BCUT2D eigenvalue weighted by Gasteiger charge is -2.39. The Hall–Kier alpha value is -1.02. The van der Waals surface area contributed by atoms with Gasteiger partial charge < -0.3 is 29.9 Å². The van der Waals surface area contributed by atoms with E-state index in [2.05, 4.69) is 32.9 Å². The highest BCUT2D eigenvalue weighted by Gasteiger charge is 2.44. The molecule has 1 fully saturated rings. The van der Waals surface area contributed by atoms with E-state index in [4.69, 9.17) is 14.6 Å². The lowest BCUT2D eigenvalue weighted by atomic mass is 9.99. The maximum Gasteiger partial charge on any atom is 0.184 e. The monoisotopic (exact) mass is 384 g/mol. The fraction of sp³-hybridized carbons (Fsp3) is 0.714. The summed E-state index contributed by atoms with van der Waals surface area (Å²) in [4.78, 5) is 0. The summed E-state index contributed by atoms with van der Waals surface area (Å²) in [5.41, 5.74) is 3.88. The predicted molar refractivity (Wildman–Crippen MR) is 105 cm³/mol. The van der Waals surface area contributed by atoms with Gasteiger partial charge in [-0.05, 0) is 53.4 Å². The summed E-state index contributed by atoms with van der Waals surface area (Å²) in [6, 6.07) is 0. The van der Waals surface area contributed by atoms with Crippen molar-refractivity contribution in [1.29, 1.82) is 0 Å². The topological polar surface area (TPSA) is 99.4 Å². The van der Waals surface area contributed by atoms with Crippen molar-refractivity contribution in [3.63, 3.8) is 0 Å². The third-order valence-electron chi connectivity index (χ3n) is 4.68. The molecule has 0 aromatic rings. The molecule has 27 heavy (non-hydrogen) atoms. The van der Waals surface area contributed by atoms with E-state index in [1.165, 1.54) is 11.1 Å². The van der Waals surface area contributed by atoms with E-state index in [-0.39, 0.29) is 6.61 Å². The summed E-state index contributed by atoms with van der Waals surface area (Å²) in [7, 11) is 0. The van der Waals surface area contributed by atoms with E-state index in [9.17, 15) is 15.3 Å². The van der Waals surface area contributed by atoms with Gasteiger partial charge in [0.25, 0.3) is 0 Å². The van der Waals surface area contributed by atoms with Crippen molar-refractivity contribution in [2.75, 3.05) is 13.2 Å². The maximum atomic E-state index is 10.1. The molecule has 0 bridgehead atoms. The number of hydrogen-bond donors (Lipinski definition) is 4. The van der Waals surface area contributed by atoms with E-state index in [0.717, 1.165) is 31.3 Å². The first-order valence-corrected chi connectivity index (χ1v) is 9.63. The number of allylic oxidation sites excluding steroid dienone is 5. The van der Waals surface area contributed by atoms with Gasteiger partial charge in [-0.15, -0.1) is 0 Å². The van der Waals surface area contributed by atoms with Gasteiger partial charge in [-0.25, -0.2) is 0 Å². The zero-order valence-electron chi connectivity index (χ0n) is 17.0. The molecule has 0 aromatic heterocycles. The molecule has 6 nitrogen and oxygen atoms in total. The third-order valence-corrected chi connectivity index (χ3v) is 4.68. The second-order valence-corrected chi connectivity index (χ2v) is 7.49. The summed E-state index contributed by atoms with van der Waals surface area (Å²) < 4.78 is 10.5. The van der Waals surface area contributed by atoms with Crippen LogP contribution in [0.4, 0.5) is 0 Å². The summed E-state index contributed by atoms with van der Waals surface area (Å²) in [6.07, 6.45) is 4.39. The molecule has 5 atom stereocenters. The highest BCUT2D eigenvalue weighted by atomic mass is 16.6. The first kappa shape index (κ1) is 24.0. The van der Waals surface area contributed by atoms with Crippen LogP contribution in [-0.4, -0.2) is 64.3 Å². The Morgan fingerprint density at radius 3 is 2.07 bits per heavy atom. The minimum Gasteiger partial charge on any atom is -0.394 e. The number of rotatable bonds is 10. The molecular weight excluding hydrogens is 348 g/mol. The summed E-state index contributed by atoms with van der Waals surface area (Å²) >= 11 is 0. The molecule has 6 heteroatoms. The SMILES string of the molecule is CC(C)=CCC/C(C)=C/CC/C(C)=C/CO[C@@H]1C(O)C(O)OC(CO)C1O. The Morgan fingerprint density at radius 2 is 1.48 bits per heavy atom. The summed E-state index contributed by atoms with van der Waals surface area (Å²) in [5.74, 6) is 0. The Kier molecular flexibility index (Phi) is 11.1. The van der Waals surface area contributed by atoms with Crippen molar-refractivity contribution in [2.45, 2.75) is 84.1 Å². The molecule has 156 valence electrons. The molecule has 0 amide bonds. The zero-order valence-corrected chi connectivity index (χ0v) is 17.0. The van der Waals surface area contributed by atoms with Crippen LogP contribution in [0, 0.1) is 0 Å². The van der Waals surface area contributed by atoms with Crippen LogP contribution in [-0.2, 0) is 9.47 Å². The van der Waals surface area contributed by atoms with Gasteiger partial charge in [-0.2, -0.15) is 0 Å². The number of hydrogen-bond acceptors (Lipinski definition) is 6. The van der Waals surface area contributed by atoms with Gasteiger partial charge in [-0.1, -0.05) is 34.9 Å². The molecule has 1 rings (SSSR count). The summed E-state index contributed by atoms with van der Waals surface area (Å²) in [5, 5.41) is 38.8. The maximum absolute atomic E-state index is 10.1. The number of ether oxygens (including phenoxy) is 2. The standard InChI is InChI=1S/C21H36O6/c1-14(2)7-5-8-15(3)9-6-10-16(4)11-12-26-20-18(23)17(13-22)27-21(25)19(20)24/h7,9,11,17-25H,5-6,8,10,12-13H2,1-4H3/b15-9+,16-11+/t17?,18?,19?,20-,21?/m0/s1. The van der Waals surface area contributed by atoms with E-state index < -0.39 is 37.3 Å². The minimum atomic E-state index is -1.49. The van der Waals surface area contributed by atoms with Crippen molar-refractivity contribution >= 4 is 0 Å². The van der Waals surface area contributed by atoms with Gasteiger partial charge in [0.2, 0.25) is 0 Å². The molecule has 1 heterocycles. The van der Waals surface area contributed by atoms with Gasteiger partial charge >= 0.3 is 0 Å². The second-order valence-electron chi connectivity index (χ2n) is 7.49. The third kappa shape index (κ3) is 8.68. The second kappa shape index (κ2) is 12.4. The van der Waals surface area contributed by atoms with Crippen molar-refractivity contribution in [3.8, 4) is 0 Å². The van der Waals surface area contributed by atoms with Crippen LogP contribution in [0.25, 0.3) is 0 Å². The van der Waals surface area contributed by atoms with Gasteiger partial charge in [0.05, 0.1) is 13.2 Å². The Morgan fingerprint density at radius 1 is 0.889 bits per heavy atom. The minimum absolute atomic E-state index is 0.207. The van der Waals surface area contributed by atoms with Crippen LogP contribution in [0.2, 0.25) is 0 Å². The van der Waals surface area contributed by atoms with Crippen molar-refractivity contribution in [2.24, 2.45) is 0 Å². The highest BCUT2D eigenvalue weighted by Crippen LogP contribution is 2.22. The normalized spacial score (nSPS) is 29.7. The molecule has 0 radical (unpaired) electrons. The molecular formula is C21H36O6. The van der Waals surface area contributed by atoms with Crippen LogP contribution in [0.5, 0.6) is 0 Å². The Labute approximate surface area is 162 Å². The van der Waals surface area contributed by atoms with Gasteiger partial charge in [0.15, 0.2) is 6.29 Å². The molecule has 0 spiro atoms. The number of aliphatic hydroxyl groups is 4. The fourth-order valence-electron chi connectivity index (χ4n) is 2.90. The molecule has 0 aromatic carbocycles. The van der Waals surface area contributed by atoms with Crippen LogP contribution >= 0.6 is 0 Å². The van der Waals surface area contributed by atoms with E-state index in [1.807, 2.05) is 13.0 Å². The lowest BCUT2D eigenvalue weighted by molar-refractivity contribution is -0.292. The molecule has 1 aliphatic rings. The van der Waals surface area contributed by atoms with Crippen molar-refractivity contribution in [1.82, 2.24) is 0 Å².